The molecule has 108 valence electrons. The number of halogens is 1. The van der Waals surface area contributed by atoms with E-state index in [1.807, 2.05) is 7.05 Å². The first-order chi connectivity index (χ1) is 9.12. The third-order valence-corrected chi connectivity index (χ3v) is 3.20. The van der Waals surface area contributed by atoms with Crippen molar-refractivity contribution in [3.05, 3.63) is 18.0 Å². The Balaban J connectivity index is 2.70. The van der Waals surface area contributed by atoms with Gasteiger partial charge in [-0.3, -0.25) is 9.88 Å². The summed E-state index contributed by atoms with van der Waals surface area (Å²) in [4.78, 5) is 6.80. The molecule has 1 aromatic rings. The second-order valence-corrected chi connectivity index (χ2v) is 5.54. The van der Waals surface area contributed by atoms with Crippen LogP contribution in [-0.4, -0.2) is 56.2 Å². The monoisotopic (exact) mass is 332 g/mol. The number of ether oxygens (including phenoxy) is 3. The van der Waals surface area contributed by atoms with E-state index in [0.29, 0.717) is 29.5 Å². The minimum atomic E-state index is 0.291. The Kier molecular flexibility index (Phi) is 7.12. The van der Waals surface area contributed by atoms with Gasteiger partial charge >= 0.3 is 0 Å². The van der Waals surface area contributed by atoms with Crippen LogP contribution in [0, 0.1) is 0 Å². The van der Waals surface area contributed by atoms with Crippen LogP contribution in [0.2, 0.25) is 0 Å². The Morgan fingerprint density at radius 2 is 2.05 bits per heavy atom. The van der Waals surface area contributed by atoms with Gasteiger partial charge in [0.25, 0.3) is 0 Å². The lowest BCUT2D eigenvalue weighted by Crippen LogP contribution is -2.28. The average Bonchev–Trinajstić information content (AvgIpc) is 2.38. The topological polar surface area (TPSA) is 43.8 Å². The Bertz CT molecular complexity index is 390. The van der Waals surface area contributed by atoms with Crippen molar-refractivity contribution >= 4 is 15.9 Å². The lowest BCUT2D eigenvalue weighted by atomic mass is 10.2. The first-order valence-corrected chi connectivity index (χ1v) is 6.91. The van der Waals surface area contributed by atoms with Gasteiger partial charge in [0.15, 0.2) is 11.5 Å². The fourth-order valence-corrected chi connectivity index (χ4v) is 2.61. The smallest absolute Gasteiger partial charge is 0.183 e. The van der Waals surface area contributed by atoms with Crippen molar-refractivity contribution in [2.75, 3.05) is 41.5 Å². The minimum Gasteiger partial charge on any atom is -0.493 e. The second kappa shape index (κ2) is 8.35. The van der Waals surface area contributed by atoms with Crippen LogP contribution >= 0.6 is 15.9 Å². The number of rotatable bonds is 8. The molecule has 0 aromatic carbocycles. The Labute approximate surface area is 123 Å². The third kappa shape index (κ3) is 4.97. The van der Waals surface area contributed by atoms with E-state index < -0.39 is 0 Å². The number of nitrogens with zero attached hydrogens (tertiary/aromatic N) is 2. The highest BCUT2D eigenvalue weighted by Gasteiger charge is 2.14. The van der Waals surface area contributed by atoms with E-state index in [2.05, 4.69) is 25.8 Å². The molecule has 0 radical (unpaired) electrons. The van der Waals surface area contributed by atoms with Crippen molar-refractivity contribution in [1.29, 1.82) is 0 Å². The highest BCUT2D eigenvalue weighted by molar-refractivity contribution is 9.09. The summed E-state index contributed by atoms with van der Waals surface area (Å²) in [5.74, 6) is 1.39. The van der Waals surface area contributed by atoms with Gasteiger partial charge in [0, 0.05) is 32.5 Å². The summed E-state index contributed by atoms with van der Waals surface area (Å²) in [5, 5.41) is 0. The fourth-order valence-electron chi connectivity index (χ4n) is 1.86. The van der Waals surface area contributed by atoms with Crippen LogP contribution in [0.1, 0.15) is 5.69 Å². The largest absolute Gasteiger partial charge is 0.493 e. The van der Waals surface area contributed by atoms with Gasteiger partial charge in [-0.15, -0.1) is 0 Å². The normalized spacial score (nSPS) is 12.5. The highest BCUT2D eigenvalue weighted by atomic mass is 79.9. The number of hydrogen-bond acceptors (Lipinski definition) is 5. The maximum Gasteiger partial charge on any atom is 0.183 e. The molecule has 0 bridgehead atoms. The quantitative estimate of drug-likeness (QED) is 0.681. The first-order valence-electron chi connectivity index (χ1n) is 5.99. The summed E-state index contributed by atoms with van der Waals surface area (Å²) in [6.45, 7) is 2.22. The molecule has 5 nitrogen and oxygen atoms in total. The zero-order chi connectivity index (χ0) is 14.3. The van der Waals surface area contributed by atoms with E-state index in [-0.39, 0.29) is 0 Å². The molecule has 0 aliphatic carbocycles. The van der Waals surface area contributed by atoms with E-state index in [1.165, 1.54) is 0 Å². The predicted octanol–water partition coefficient (Wildman–Crippen LogP) is 1.94. The molecule has 0 saturated carbocycles. The molecule has 1 atom stereocenters. The summed E-state index contributed by atoms with van der Waals surface area (Å²) in [7, 11) is 6.98. The van der Waals surface area contributed by atoms with Gasteiger partial charge in [0.1, 0.15) is 5.69 Å². The number of aromatic nitrogens is 1. The van der Waals surface area contributed by atoms with Gasteiger partial charge < -0.3 is 14.2 Å². The van der Waals surface area contributed by atoms with Crippen molar-refractivity contribution in [3.63, 3.8) is 0 Å². The van der Waals surface area contributed by atoms with Crippen molar-refractivity contribution in [2.24, 2.45) is 0 Å². The lowest BCUT2D eigenvalue weighted by molar-refractivity contribution is 0.184. The Morgan fingerprint density at radius 3 is 2.63 bits per heavy atom. The van der Waals surface area contributed by atoms with Crippen molar-refractivity contribution in [2.45, 2.75) is 11.4 Å². The Morgan fingerprint density at radius 1 is 1.32 bits per heavy atom. The maximum atomic E-state index is 5.37. The molecule has 1 rings (SSSR count). The summed E-state index contributed by atoms with van der Waals surface area (Å²) in [6, 6.07) is 1.79. The van der Waals surface area contributed by atoms with E-state index in [4.69, 9.17) is 14.2 Å². The van der Waals surface area contributed by atoms with Crippen molar-refractivity contribution < 1.29 is 14.2 Å². The molecular weight excluding hydrogens is 312 g/mol. The molecule has 1 aromatic heterocycles. The third-order valence-electron chi connectivity index (χ3n) is 2.64. The molecule has 0 aliphatic rings. The number of alkyl halides is 1. The summed E-state index contributed by atoms with van der Waals surface area (Å²) in [6.07, 6.45) is 1.73. The predicted molar refractivity (Wildman–Crippen MR) is 78.3 cm³/mol. The first kappa shape index (κ1) is 16.2. The van der Waals surface area contributed by atoms with Crippen LogP contribution in [0.5, 0.6) is 11.5 Å². The average molecular weight is 333 g/mol. The molecule has 1 unspecified atom stereocenters. The van der Waals surface area contributed by atoms with Gasteiger partial charge in [-0.2, -0.15) is 0 Å². The van der Waals surface area contributed by atoms with Crippen molar-refractivity contribution in [3.8, 4) is 11.5 Å². The van der Waals surface area contributed by atoms with Crippen LogP contribution in [0.25, 0.3) is 0 Å². The summed E-state index contributed by atoms with van der Waals surface area (Å²) >= 11 is 3.57. The van der Waals surface area contributed by atoms with Gasteiger partial charge in [0.2, 0.25) is 0 Å². The van der Waals surface area contributed by atoms with Crippen LogP contribution < -0.4 is 9.47 Å². The van der Waals surface area contributed by atoms with E-state index in [9.17, 15) is 0 Å². The number of hydrogen-bond donors (Lipinski definition) is 0. The summed E-state index contributed by atoms with van der Waals surface area (Å²) < 4.78 is 15.7. The molecular formula is C13H21BrN2O3. The van der Waals surface area contributed by atoms with Crippen LogP contribution in [0.4, 0.5) is 0 Å². The molecule has 0 N–H and O–H groups in total. The number of pyridine rings is 1. The van der Waals surface area contributed by atoms with Gasteiger partial charge in [0.05, 0.1) is 25.7 Å². The molecule has 0 aliphatic heterocycles. The van der Waals surface area contributed by atoms with Crippen LogP contribution in [-0.2, 0) is 11.3 Å². The zero-order valence-corrected chi connectivity index (χ0v) is 13.4. The highest BCUT2D eigenvalue weighted by Crippen LogP contribution is 2.29. The second-order valence-electron chi connectivity index (χ2n) is 4.24. The fraction of sp³-hybridized carbons (Fsp3) is 0.615. The number of methoxy groups -OCH3 is 3. The van der Waals surface area contributed by atoms with Crippen molar-refractivity contribution in [1.82, 2.24) is 9.88 Å². The molecule has 0 spiro atoms. The maximum absolute atomic E-state index is 5.37. The van der Waals surface area contributed by atoms with Crippen LogP contribution in [0.15, 0.2) is 12.3 Å². The standard InChI is InChI=1S/C13H21BrN2O3/c1-16(7-10(14)9-17-2)8-11-13(19-4)12(18-3)5-6-15-11/h5-6,10H,7-9H2,1-4H3. The molecule has 19 heavy (non-hydrogen) atoms. The molecule has 1 heterocycles. The minimum absolute atomic E-state index is 0.291. The van der Waals surface area contributed by atoms with E-state index in [0.717, 1.165) is 12.2 Å². The SMILES string of the molecule is COCC(Br)CN(C)Cc1nccc(OC)c1OC. The molecule has 0 amide bonds. The van der Waals surface area contributed by atoms with E-state index >= 15 is 0 Å². The van der Waals surface area contributed by atoms with Gasteiger partial charge in [-0.1, -0.05) is 15.9 Å². The zero-order valence-electron chi connectivity index (χ0n) is 11.9. The molecule has 6 heteroatoms. The lowest BCUT2D eigenvalue weighted by Gasteiger charge is -2.21. The van der Waals surface area contributed by atoms with Crippen LogP contribution in [0.3, 0.4) is 0 Å². The van der Waals surface area contributed by atoms with Gasteiger partial charge in [-0.25, -0.2) is 0 Å². The van der Waals surface area contributed by atoms with Gasteiger partial charge in [-0.05, 0) is 7.05 Å². The Hall–Kier alpha value is -0.850. The molecule has 0 saturated heterocycles. The molecule has 0 fully saturated rings. The van der Waals surface area contributed by atoms with E-state index in [1.54, 1.807) is 33.6 Å². The summed E-state index contributed by atoms with van der Waals surface area (Å²) in [5.41, 5.74) is 0.862.